The Balaban J connectivity index is 2.98. The van der Waals surface area contributed by atoms with Crippen molar-refractivity contribution in [2.24, 2.45) is 0 Å². The molecule has 0 aliphatic carbocycles. The molecule has 1 N–H and O–H groups in total. The van der Waals surface area contributed by atoms with Gasteiger partial charge in [0.2, 0.25) is 0 Å². The minimum atomic E-state index is -0.369. The summed E-state index contributed by atoms with van der Waals surface area (Å²) in [5.74, 6) is 1.20. The molecule has 1 rings (SSSR count). The van der Waals surface area contributed by atoms with E-state index in [4.69, 9.17) is 30.5 Å². The smallest absolute Gasteiger partial charge is 0.176 e. The molecule has 1 aromatic carbocycles. The van der Waals surface area contributed by atoms with Crippen LogP contribution >= 0.6 is 11.6 Å². The van der Waals surface area contributed by atoms with Gasteiger partial charge in [-0.3, -0.25) is 0 Å². The van der Waals surface area contributed by atoms with Gasteiger partial charge in [-0.15, -0.1) is 0 Å². The molecule has 108 valence electrons. The number of hydrogen-bond donors (Lipinski definition) is 1. The molecule has 0 amide bonds. The Kier molecular flexibility index (Phi) is 6.21. The van der Waals surface area contributed by atoms with E-state index in [-0.39, 0.29) is 12.3 Å². The number of halogens is 1. The van der Waals surface area contributed by atoms with Gasteiger partial charge in [0.1, 0.15) is 11.5 Å². The standard InChI is InChI=1S/C13H20ClNO4/c1-8(13(18-4)19-5)15-10-7-11(16-2)9(14)6-12(10)17-3/h6-8,13,15H,1-5H3. The third kappa shape index (κ3) is 3.89. The molecule has 0 fully saturated rings. The summed E-state index contributed by atoms with van der Waals surface area (Å²) in [7, 11) is 6.32. The molecule has 0 saturated carbocycles. The molecule has 5 nitrogen and oxygen atoms in total. The number of benzene rings is 1. The van der Waals surface area contributed by atoms with Crippen LogP contribution in [-0.4, -0.2) is 40.8 Å². The lowest BCUT2D eigenvalue weighted by Crippen LogP contribution is -2.33. The van der Waals surface area contributed by atoms with Crippen LogP contribution in [0.3, 0.4) is 0 Å². The average molecular weight is 290 g/mol. The summed E-state index contributed by atoms with van der Waals surface area (Å²) in [6.45, 7) is 1.94. The van der Waals surface area contributed by atoms with E-state index in [1.807, 2.05) is 6.92 Å². The van der Waals surface area contributed by atoms with E-state index in [0.717, 1.165) is 5.69 Å². The highest BCUT2D eigenvalue weighted by Crippen LogP contribution is 2.36. The van der Waals surface area contributed by atoms with Crippen molar-refractivity contribution in [3.8, 4) is 11.5 Å². The third-order valence-electron chi connectivity index (χ3n) is 2.73. The zero-order valence-corrected chi connectivity index (χ0v) is 12.6. The molecule has 1 atom stereocenters. The van der Waals surface area contributed by atoms with Crippen LogP contribution in [0.5, 0.6) is 11.5 Å². The predicted molar refractivity (Wildman–Crippen MR) is 75.4 cm³/mol. The van der Waals surface area contributed by atoms with Crippen LogP contribution < -0.4 is 14.8 Å². The molecule has 0 spiro atoms. The predicted octanol–water partition coefficient (Wildman–Crippen LogP) is 2.78. The maximum atomic E-state index is 6.05. The molecule has 1 unspecified atom stereocenters. The van der Waals surface area contributed by atoms with Gasteiger partial charge >= 0.3 is 0 Å². The van der Waals surface area contributed by atoms with Gasteiger partial charge in [0.05, 0.1) is 31.0 Å². The van der Waals surface area contributed by atoms with Gasteiger partial charge < -0.3 is 24.3 Å². The summed E-state index contributed by atoms with van der Waals surface area (Å²) >= 11 is 6.05. The first-order valence-corrected chi connectivity index (χ1v) is 6.18. The van der Waals surface area contributed by atoms with Crippen LogP contribution in [0.2, 0.25) is 5.02 Å². The van der Waals surface area contributed by atoms with E-state index in [2.05, 4.69) is 5.32 Å². The number of nitrogens with one attached hydrogen (secondary N) is 1. The Morgan fingerprint density at radius 2 is 1.58 bits per heavy atom. The number of methoxy groups -OCH3 is 4. The van der Waals surface area contributed by atoms with E-state index < -0.39 is 0 Å². The number of rotatable bonds is 7. The molecule has 19 heavy (non-hydrogen) atoms. The van der Waals surface area contributed by atoms with Crippen LogP contribution in [0.1, 0.15) is 6.92 Å². The summed E-state index contributed by atoms with van der Waals surface area (Å²) < 4.78 is 20.9. The SMILES string of the molecule is COc1cc(NC(C)C(OC)OC)c(OC)cc1Cl. The number of ether oxygens (including phenoxy) is 4. The van der Waals surface area contributed by atoms with E-state index in [1.54, 1.807) is 40.6 Å². The van der Waals surface area contributed by atoms with Crippen LogP contribution in [0.25, 0.3) is 0 Å². The number of hydrogen-bond acceptors (Lipinski definition) is 5. The Bertz CT molecular complexity index is 410. The van der Waals surface area contributed by atoms with Crippen molar-refractivity contribution < 1.29 is 18.9 Å². The summed E-state index contributed by atoms with van der Waals surface area (Å²) in [6, 6.07) is 3.40. The van der Waals surface area contributed by atoms with Crippen molar-refractivity contribution in [1.82, 2.24) is 0 Å². The van der Waals surface area contributed by atoms with Gasteiger partial charge in [-0.25, -0.2) is 0 Å². The maximum absolute atomic E-state index is 6.05. The monoisotopic (exact) mass is 289 g/mol. The van der Waals surface area contributed by atoms with E-state index in [9.17, 15) is 0 Å². The zero-order chi connectivity index (χ0) is 14.4. The second-order valence-electron chi connectivity index (χ2n) is 3.96. The minimum absolute atomic E-state index is 0.0743. The van der Waals surface area contributed by atoms with Crippen LogP contribution in [0.15, 0.2) is 12.1 Å². The van der Waals surface area contributed by atoms with E-state index in [1.165, 1.54) is 0 Å². The van der Waals surface area contributed by atoms with E-state index >= 15 is 0 Å². The fourth-order valence-corrected chi connectivity index (χ4v) is 2.02. The first-order valence-electron chi connectivity index (χ1n) is 5.81. The highest BCUT2D eigenvalue weighted by atomic mass is 35.5. The molecule has 0 saturated heterocycles. The largest absolute Gasteiger partial charge is 0.495 e. The molecular weight excluding hydrogens is 270 g/mol. The maximum Gasteiger partial charge on any atom is 0.176 e. The lowest BCUT2D eigenvalue weighted by Gasteiger charge is -2.24. The quantitative estimate of drug-likeness (QED) is 0.782. The minimum Gasteiger partial charge on any atom is -0.495 e. The van der Waals surface area contributed by atoms with Crippen molar-refractivity contribution in [3.63, 3.8) is 0 Å². The van der Waals surface area contributed by atoms with Gasteiger partial charge in [0.25, 0.3) is 0 Å². The molecule has 0 heterocycles. The molecule has 0 aliphatic rings. The van der Waals surface area contributed by atoms with Gasteiger partial charge in [0.15, 0.2) is 6.29 Å². The van der Waals surface area contributed by atoms with Crippen LogP contribution in [0, 0.1) is 0 Å². The molecule has 0 radical (unpaired) electrons. The van der Waals surface area contributed by atoms with Crippen molar-refractivity contribution >= 4 is 17.3 Å². The normalized spacial score (nSPS) is 12.4. The fraction of sp³-hybridized carbons (Fsp3) is 0.538. The Hall–Kier alpha value is -1.17. The Morgan fingerprint density at radius 3 is 2.05 bits per heavy atom. The highest BCUT2D eigenvalue weighted by Gasteiger charge is 2.18. The van der Waals surface area contributed by atoms with Crippen molar-refractivity contribution in [3.05, 3.63) is 17.2 Å². The van der Waals surface area contributed by atoms with Gasteiger partial charge in [-0.05, 0) is 6.92 Å². The molecule has 1 aromatic rings. The molecular formula is C13H20ClNO4. The lowest BCUT2D eigenvalue weighted by molar-refractivity contribution is -0.109. The Morgan fingerprint density at radius 1 is 1.00 bits per heavy atom. The molecule has 6 heteroatoms. The highest BCUT2D eigenvalue weighted by molar-refractivity contribution is 6.32. The summed E-state index contributed by atoms with van der Waals surface area (Å²) in [6.07, 6.45) is -0.369. The summed E-state index contributed by atoms with van der Waals surface area (Å²) in [4.78, 5) is 0. The lowest BCUT2D eigenvalue weighted by atomic mass is 10.2. The van der Waals surface area contributed by atoms with Crippen molar-refractivity contribution in [2.45, 2.75) is 19.3 Å². The molecule has 0 bridgehead atoms. The first-order chi connectivity index (χ1) is 9.07. The van der Waals surface area contributed by atoms with Crippen LogP contribution in [-0.2, 0) is 9.47 Å². The second kappa shape index (κ2) is 7.43. The third-order valence-corrected chi connectivity index (χ3v) is 3.03. The zero-order valence-electron chi connectivity index (χ0n) is 11.8. The van der Waals surface area contributed by atoms with Crippen molar-refractivity contribution in [2.75, 3.05) is 33.8 Å². The first kappa shape index (κ1) is 15.9. The Labute approximate surface area is 118 Å². The van der Waals surface area contributed by atoms with Crippen molar-refractivity contribution in [1.29, 1.82) is 0 Å². The van der Waals surface area contributed by atoms with Gasteiger partial charge in [-0.1, -0.05) is 11.6 Å². The molecule has 0 aliphatic heterocycles. The second-order valence-corrected chi connectivity index (χ2v) is 4.37. The van der Waals surface area contributed by atoms with Crippen LogP contribution in [0.4, 0.5) is 5.69 Å². The van der Waals surface area contributed by atoms with Gasteiger partial charge in [-0.2, -0.15) is 0 Å². The fourth-order valence-electron chi connectivity index (χ4n) is 1.79. The summed E-state index contributed by atoms with van der Waals surface area (Å²) in [5, 5.41) is 3.74. The molecule has 0 aromatic heterocycles. The van der Waals surface area contributed by atoms with E-state index in [0.29, 0.717) is 16.5 Å². The average Bonchev–Trinajstić information content (AvgIpc) is 2.41. The summed E-state index contributed by atoms with van der Waals surface area (Å²) in [5.41, 5.74) is 0.760. The topological polar surface area (TPSA) is 49.0 Å². The van der Waals surface area contributed by atoms with Gasteiger partial charge in [0, 0.05) is 26.4 Å². The number of anilines is 1.